The van der Waals surface area contributed by atoms with Gasteiger partial charge in [-0.05, 0) is 23.8 Å². The number of carbonyl (C=O) groups is 1. The van der Waals surface area contributed by atoms with Crippen LogP contribution in [0.4, 0.5) is 0 Å². The molecule has 1 saturated heterocycles. The molecule has 126 valence electrons. The molecule has 1 aromatic carbocycles. The Morgan fingerprint density at radius 1 is 1.13 bits per heavy atom. The van der Waals surface area contributed by atoms with Gasteiger partial charge in [-0.2, -0.15) is 0 Å². The number of rotatable bonds is 5. The quantitative estimate of drug-likeness (QED) is 0.433. The van der Waals surface area contributed by atoms with E-state index < -0.39 is 43.3 Å². The van der Waals surface area contributed by atoms with Crippen molar-refractivity contribution in [3.8, 4) is 5.75 Å². The molecule has 8 heteroatoms. The minimum atomic E-state index is -1.51. The van der Waals surface area contributed by atoms with Crippen molar-refractivity contribution in [1.82, 2.24) is 0 Å². The first-order valence-electron chi connectivity index (χ1n) is 6.90. The highest BCUT2D eigenvalue weighted by molar-refractivity contribution is 5.85. The molecule has 1 heterocycles. The maximum Gasteiger partial charge on any atom is 0.328 e. The van der Waals surface area contributed by atoms with Crippen LogP contribution in [0.1, 0.15) is 5.56 Å². The fourth-order valence-corrected chi connectivity index (χ4v) is 2.12. The van der Waals surface area contributed by atoms with Gasteiger partial charge in [-0.15, -0.1) is 0 Å². The number of aliphatic carboxylic acids is 1. The van der Waals surface area contributed by atoms with Crippen LogP contribution in [0, 0.1) is 0 Å². The van der Waals surface area contributed by atoms with E-state index in [2.05, 4.69) is 0 Å². The lowest BCUT2D eigenvalue weighted by molar-refractivity contribution is -0.277. The Labute approximate surface area is 131 Å². The van der Waals surface area contributed by atoms with Gasteiger partial charge in [0.2, 0.25) is 6.29 Å². The van der Waals surface area contributed by atoms with Crippen molar-refractivity contribution in [2.45, 2.75) is 30.7 Å². The van der Waals surface area contributed by atoms with Gasteiger partial charge in [-0.1, -0.05) is 12.1 Å². The van der Waals surface area contributed by atoms with Gasteiger partial charge in [-0.25, -0.2) is 4.79 Å². The lowest BCUT2D eigenvalue weighted by Gasteiger charge is -2.39. The van der Waals surface area contributed by atoms with Crippen molar-refractivity contribution >= 4 is 12.0 Å². The Kier molecular flexibility index (Phi) is 5.69. The second-order valence-electron chi connectivity index (χ2n) is 5.06. The first-order valence-corrected chi connectivity index (χ1v) is 6.90. The third-order valence-electron chi connectivity index (χ3n) is 3.40. The molecule has 0 aliphatic carbocycles. The Hall–Kier alpha value is -1.97. The average Bonchev–Trinajstić information content (AvgIpc) is 2.54. The van der Waals surface area contributed by atoms with E-state index in [4.69, 9.17) is 19.7 Å². The molecule has 0 spiro atoms. The van der Waals surface area contributed by atoms with Gasteiger partial charge in [-0.3, -0.25) is 0 Å². The third kappa shape index (κ3) is 4.27. The summed E-state index contributed by atoms with van der Waals surface area (Å²) in [5, 5.41) is 46.9. The van der Waals surface area contributed by atoms with E-state index in [0.29, 0.717) is 11.3 Å². The Bertz CT molecular complexity index is 553. The topological polar surface area (TPSA) is 137 Å². The number of ether oxygens (including phenoxy) is 2. The summed E-state index contributed by atoms with van der Waals surface area (Å²) in [5.41, 5.74) is 0.633. The fourth-order valence-electron chi connectivity index (χ4n) is 2.12. The van der Waals surface area contributed by atoms with Crippen molar-refractivity contribution in [2.24, 2.45) is 0 Å². The van der Waals surface area contributed by atoms with Gasteiger partial charge in [0.15, 0.2) is 0 Å². The largest absolute Gasteiger partial charge is 0.478 e. The van der Waals surface area contributed by atoms with Crippen LogP contribution < -0.4 is 4.74 Å². The molecule has 2 rings (SSSR count). The summed E-state index contributed by atoms with van der Waals surface area (Å²) in [4.78, 5) is 10.4. The molecule has 1 fully saturated rings. The molecule has 8 nitrogen and oxygen atoms in total. The number of aliphatic hydroxyl groups is 4. The van der Waals surface area contributed by atoms with E-state index in [9.17, 15) is 20.1 Å². The highest BCUT2D eigenvalue weighted by Crippen LogP contribution is 2.24. The highest BCUT2D eigenvalue weighted by Gasteiger charge is 2.44. The number of aliphatic hydroxyl groups excluding tert-OH is 4. The van der Waals surface area contributed by atoms with Crippen molar-refractivity contribution < 1.29 is 39.8 Å². The number of hydrogen-bond acceptors (Lipinski definition) is 7. The van der Waals surface area contributed by atoms with E-state index in [0.717, 1.165) is 6.08 Å². The molecule has 0 radical (unpaired) electrons. The van der Waals surface area contributed by atoms with Crippen molar-refractivity contribution in [3.05, 3.63) is 35.9 Å². The molecule has 0 saturated carbocycles. The molecule has 0 unspecified atom stereocenters. The number of hydrogen-bond donors (Lipinski definition) is 5. The predicted octanol–water partition coefficient (Wildman–Crippen LogP) is -1.04. The maximum absolute atomic E-state index is 10.4. The van der Waals surface area contributed by atoms with Crippen LogP contribution in [0.3, 0.4) is 0 Å². The lowest BCUT2D eigenvalue weighted by atomic mass is 9.99. The zero-order chi connectivity index (χ0) is 17.0. The second kappa shape index (κ2) is 7.53. The van der Waals surface area contributed by atoms with Gasteiger partial charge < -0.3 is 35.0 Å². The molecular weight excluding hydrogens is 308 g/mol. The van der Waals surface area contributed by atoms with Gasteiger partial charge in [0, 0.05) is 6.08 Å². The van der Waals surface area contributed by atoms with E-state index in [-0.39, 0.29) is 0 Å². The smallest absolute Gasteiger partial charge is 0.328 e. The van der Waals surface area contributed by atoms with Crippen molar-refractivity contribution in [3.63, 3.8) is 0 Å². The van der Waals surface area contributed by atoms with Crippen molar-refractivity contribution in [2.75, 3.05) is 6.61 Å². The van der Waals surface area contributed by atoms with Crippen LogP contribution in [0.15, 0.2) is 30.3 Å². The molecule has 1 aromatic rings. The van der Waals surface area contributed by atoms with Crippen LogP contribution in [0.2, 0.25) is 0 Å². The Balaban J connectivity index is 2.04. The zero-order valence-electron chi connectivity index (χ0n) is 12.0. The third-order valence-corrected chi connectivity index (χ3v) is 3.40. The van der Waals surface area contributed by atoms with Crippen LogP contribution in [0.25, 0.3) is 6.08 Å². The minimum absolute atomic E-state index is 0.307. The van der Waals surface area contributed by atoms with Crippen LogP contribution in [-0.4, -0.2) is 68.8 Å². The van der Waals surface area contributed by atoms with E-state index in [1.54, 1.807) is 12.1 Å². The minimum Gasteiger partial charge on any atom is -0.478 e. The average molecular weight is 326 g/mol. The van der Waals surface area contributed by atoms with E-state index in [1.807, 2.05) is 0 Å². The fraction of sp³-hybridized carbons (Fsp3) is 0.400. The SMILES string of the molecule is O=C(O)C=Cc1ccc(O[C@H]2O[C@H](CO)[C@@H](O)[C@H](O)[C@H]2O)cc1. The molecule has 23 heavy (non-hydrogen) atoms. The first-order chi connectivity index (χ1) is 10.9. The van der Waals surface area contributed by atoms with Gasteiger partial charge in [0.1, 0.15) is 30.2 Å². The standard InChI is InChI=1S/C15H18O8/c16-7-10-12(19)13(20)14(21)15(23-10)22-9-4-1-8(2-5-9)3-6-11(17)18/h1-6,10,12-16,19-21H,7H2,(H,17,18)/t10-,12-,13+,14-,15+/m1/s1. The summed E-state index contributed by atoms with van der Waals surface area (Å²) < 4.78 is 10.6. The molecular formula is C15H18O8. The summed E-state index contributed by atoms with van der Waals surface area (Å²) in [6.07, 6.45) is -4.35. The lowest BCUT2D eigenvalue weighted by Crippen LogP contribution is -2.60. The van der Waals surface area contributed by atoms with Crippen molar-refractivity contribution in [1.29, 1.82) is 0 Å². The Morgan fingerprint density at radius 2 is 1.78 bits per heavy atom. The van der Waals surface area contributed by atoms with E-state index >= 15 is 0 Å². The molecule has 0 aromatic heterocycles. The first kappa shape index (κ1) is 17.4. The zero-order valence-corrected chi connectivity index (χ0v) is 12.0. The summed E-state index contributed by atoms with van der Waals surface area (Å²) >= 11 is 0. The Morgan fingerprint density at radius 3 is 2.35 bits per heavy atom. The molecule has 0 amide bonds. The number of benzene rings is 1. The van der Waals surface area contributed by atoms with Crippen LogP contribution >= 0.6 is 0 Å². The summed E-state index contributed by atoms with van der Waals surface area (Å²) in [6.45, 7) is -0.538. The van der Waals surface area contributed by atoms with Gasteiger partial charge in [0.25, 0.3) is 0 Å². The molecule has 0 bridgehead atoms. The maximum atomic E-state index is 10.4. The normalized spacial score (nSPS) is 31.2. The summed E-state index contributed by atoms with van der Waals surface area (Å²) in [7, 11) is 0. The number of carboxylic acid groups (broad SMARTS) is 1. The molecule has 5 N–H and O–H groups in total. The summed E-state index contributed by atoms with van der Waals surface area (Å²) in [6, 6.07) is 6.25. The molecule has 1 aliphatic heterocycles. The summed E-state index contributed by atoms with van der Waals surface area (Å²) in [5.74, 6) is -0.756. The number of carboxylic acids is 1. The van der Waals surface area contributed by atoms with Gasteiger partial charge in [0.05, 0.1) is 6.61 Å². The van der Waals surface area contributed by atoms with E-state index in [1.165, 1.54) is 18.2 Å². The predicted molar refractivity (Wildman–Crippen MR) is 77.5 cm³/mol. The molecule has 1 aliphatic rings. The van der Waals surface area contributed by atoms with Gasteiger partial charge >= 0.3 is 5.97 Å². The monoisotopic (exact) mass is 326 g/mol. The van der Waals surface area contributed by atoms with Crippen LogP contribution in [-0.2, 0) is 9.53 Å². The van der Waals surface area contributed by atoms with Crippen LogP contribution in [0.5, 0.6) is 5.75 Å². The second-order valence-corrected chi connectivity index (χ2v) is 5.06. The molecule has 5 atom stereocenters. The highest BCUT2D eigenvalue weighted by atomic mass is 16.7.